The predicted octanol–water partition coefficient (Wildman–Crippen LogP) is 6.51. The van der Waals surface area contributed by atoms with Crippen LogP contribution in [0.25, 0.3) is 11.1 Å². The van der Waals surface area contributed by atoms with Crippen LogP contribution in [0, 0.1) is 11.3 Å². The van der Waals surface area contributed by atoms with Gasteiger partial charge in [-0.25, -0.2) is 4.98 Å². The lowest BCUT2D eigenvalue weighted by Crippen LogP contribution is -2.00. The molecule has 1 fully saturated rings. The van der Waals surface area contributed by atoms with E-state index in [0.717, 1.165) is 41.0 Å². The van der Waals surface area contributed by atoms with Gasteiger partial charge in [-0.1, -0.05) is 66.9 Å². The van der Waals surface area contributed by atoms with Gasteiger partial charge in [0.1, 0.15) is 23.6 Å². The van der Waals surface area contributed by atoms with E-state index in [1.165, 1.54) is 12.8 Å². The van der Waals surface area contributed by atoms with Crippen LogP contribution in [0.15, 0.2) is 60.7 Å². The molecule has 0 amide bonds. The average Bonchev–Trinajstić information content (AvgIpc) is 3.28. The molecule has 3 nitrogen and oxygen atoms in total. The van der Waals surface area contributed by atoms with Crippen molar-refractivity contribution in [1.82, 2.24) is 4.98 Å². The highest BCUT2D eigenvalue weighted by molar-refractivity contribution is 6.31. The van der Waals surface area contributed by atoms with Crippen LogP contribution in [0.2, 0.25) is 5.15 Å². The Morgan fingerprint density at radius 2 is 1.75 bits per heavy atom. The van der Waals surface area contributed by atoms with Crippen molar-refractivity contribution >= 4 is 11.6 Å². The van der Waals surface area contributed by atoms with Gasteiger partial charge in [-0.05, 0) is 42.2 Å². The van der Waals surface area contributed by atoms with Crippen molar-refractivity contribution in [2.45, 2.75) is 38.2 Å². The maximum atomic E-state index is 9.58. The maximum absolute atomic E-state index is 9.58. The number of benzene rings is 2. The van der Waals surface area contributed by atoms with Gasteiger partial charge in [-0.2, -0.15) is 5.26 Å². The molecule has 0 radical (unpaired) electrons. The molecule has 1 aliphatic rings. The normalized spacial score (nSPS) is 14.0. The second kappa shape index (κ2) is 8.46. The molecule has 4 heteroatoms. The number of rotatable bonds is 5. The molecule has 0 atom stereocenters. The monoisotopic (exact) mass is 388 g/mol. The van der Waals surface area contributed by atoms with E-state index < -0.39 is 0 Å². The molecule has 1 aromatic heterocycles. The Labute approximate surface area is 170 Å². The lowest BCUT2D eigenvalue weighted by molar-refractivity contribution is 0.306. The van der Waals surface area contributed by atoms with Crippen LogP contribution < -0.4 is 4.74 Å². The van der Waals surface area contributed by atoms with Crippen molar-refractivity contribution in [1.29, 1.82) is 5.26 Å². The molecular weight excluding hydrogens is 368 g/mol. The second-order valence-corrected chi connectivity index (χ2v) is 7.51. The van der Waals surface area contributed by atoms with Gasteiger partial charge in [0.15, 0.2) is 0 Å². The first-order chi connectivity index (χ1) is 13.7. The number of aromatic nitrogens is 1. The third-order valence-electron chi connectivity index (χ3n) is 5.29. The highest BCUT2D eigenvalue weighted by Crippen LogP contribution is 2.37. The molecule has 0 bridgehead atoms. The smallest absolute Gasteiger partial charge is 0.147 e. The molecule has 1 aliphatic carbocycles. The zero-order valence-electron chi connectivity index (χ0n) is 15.6. The van der Waals surface area contributed by atoms with Gasteiger partial charge in [0.05, 0.1) is 5.56 Å². The molecular formula is C24H21ClN2O. The van der Waals surface area contributed by atoms with Gasteiger partial charge in [0.25, 0.3) is 0 Å². The third kappa shape index (κ3) is 4.03. The summed E-state index contributed by atoms with van der Waals surface area (Å²) < 4.78 is 5.86. The summed E-state index contributed by atoms with van der Waals surface area (Å²) in [6.45, 7) is 0.524. The van der Waals surface area contributed by atoms with E-state index in [0.29, 0.717) is 23.2 Å². The lowest BCUT2D eigenvalue weighted by atomic mass is 9.96. The summed E-state index contributed by atoms with van der Waals surface area (Å²) in [5.41, 5.74) is 4.36. The molecule has 28 heavy (non-hydrogen) atoms. The Morgan fingerprint density at radius 3 is 2.43 bits per heavy atom. The highest BCUT2D eigenvalue weighted by atomic mass is 35.5. The first-order valence-corrected chi connectivity index (χ1v) is 10.00. The summed E-state index contributed by atoms with van der Waals surface area (Å²) >= 11 is 6.35. The van der Waals surface area contributed by atoms with Gasteiger partial charge in [-0.3, -0.25) is 0 Å². The summed E-state index contributed by atoms with van der Waals surface area (Å²) in [6, 6.07) is 22.1. The number of hydrogen-bond acceptors (Lipinski definition) is 3. The molecule has 1 heterocycles. The van der Waals surface area contributed by atoms with E-state index in [9.17, 15) is 5.26 Å². The molecule has 0 unspecified atom stereocenters. The zero-order chi connectivity index (χ0) is 19.3. The van der Waals surface area contributed by atoms with E-state index in [2.05, 4.69) is 11.1 Å². The Kier molecular flexibility index (Phi) is 5.60. The topological polar surface area (TPSA) is 45.9 Å². The minimum absolute atomic E-state index is 0.298. The van der Waals surface area contributed by atoms with Crippen LogP contribution in [-0.4, -0.2) is 4.98 Å². The number of nitrogens with zero attached hydrogens (tertiary/aromatic N) is 2. The van der Waals surface area contributed by atoms with Crippen LogP contribution in [0.5, 0.6) is 5.75 Å². The summed E-state index contributed by atoms with van der Waals surface area (Å²) in [6.07, 6.45) is 4.74. The molecule has 1 saturated carbocycles. The number of pyridine rings is 1. The first-order valence-electron chi connectivity index (χ1n) is 9.62. The average molecular weight is 389 g/mol. The van der Waals surface area contributed by atoms with Crippen molar-refractivity contribution in [3.63, 3.8) is 0 Å². The molecule has 0 saturated heterocycles. The minimum Gasteiger partial charge on any atom is -0.489 e. The quantitative estimate of drug-likeness (QED) is 0.468. The molecule has 3 aromatic rings. The summed E-state index contributed by atoms with van der Waals surface area (Å²) in [4.78, 5) is 4.51. The van der Waals surface area contributed by atoms with Gasteiger partial charge < -0.3 is 4.74 Å². The van der Waals surface area contributed by atoms with E-state index in [-0.39, 0.29) is 0 Å². The van der Waals surface area contributed by atoms with Gasteiger partial charge in [0.2, 0.25) is 0 Å². The Morgan fingerprint density at radius 1 is 1.04 bits per heavy atom. The standard InChI is InChI=1S/C24H21ClN2O/c25-24-22(15-26)21(14-23(27-24)19-8-4-5-9-19)18-10-12-20(13-11-18)28-16-17-6-2-1-3-7-17/h1-3,6-7,10-14,19H,4-5,8-9,16H2. The first kappa shape index (κ1) is 18.5. The van der Waals surface area contributed by atoms with Crippen molar-refractivity contribution < 1.29 is 4.74 Å². The van der Waals surface area contributed by atoms with Crippen LogP contribution in [0.4, 0.5) is 0 Å². The van der Waals surface area contributed by atoms with Crippen LogP contribution in [-0.2, 0) is 6.61 Å². The fourth-order valence-corrected chi connectivity index (χ4v) is 4.01. The van der Waals surface area contributed by atoms with Crippen molar-refractivity contribution in [2.75, 3.05) is 0 Å². The number of nitriles is 1. The Hall–Kier alpha value is -2.83. The van der Waals surface area contributed by atoms with Gasteiger partial charge in [-0.15, -0.1) is 0 Å². The number of halogens is 1. The molecule has 2 aromatic carbocycles. The van der Waals surface area contributed by atoms with E-state index >= 15 is 0 Å². The number of hydrogen-bond donors (Lipinski definition) is 0. The maximum Gasteiger partial charge on any atom is 0.147 e. The Balaban J connectivity index is 1.58. The highest BCUT2D eigenvalue weighted by Gasteiger charge is 2.22. The zero-order valence-corrected chi connectivity index (χ0v) is 16.3. The summed E-state index contributed by atoms with van der Waals surface area (Å²) in [5.74, 6) is 1.24. The summed E-state index contributed by atoms with van der Waals surface area (Å²) in [5, 5.41) is 9.88. The molecule has 0 spiro atoms. The fraction of sp³-hybridized carbons (Fsp3) is 0.250. The summed E-state index contributed by atoms with van der Waals surface area (Å²) in [7, 11) is 0. The van der Waals surface area contributed by atoms with E-state index in [4.69, 9.17) is 16.3 Å². The molecule has 4 rings (SSSR count). The largest absolute Gasteiger partial charge is 0.489 e. The SMILES string of the molecule is N#Cc1c(-c2ccc(OCc3ccccc3)cc2)cc(C2CCCC2)nc1Cl. The van der Waals surface area contributed by atoms with Gasteiger partial charge in [0, 0.05) is 17.2 Å². The minimum atomic E-state index is 0.298. The van der Waals surface area contributed by atoms with Crippen molar-refractivity contribution in [3.8, 4) is 22.9 Å². The lowest BCUT2D eigenvalue weighted by Gasteiger charge is -2.14. The molecule has 0 aliphatic heterocycles. The van der Waals surface area contributed by atoms with Crippen LogP contribution >= 0.6 is 11.6 Å². The van der Waals surface area contributed by atoms with Crippen molar-refractivity contribution in [3.05, 3.63) is 82.6 Å². The second-order valence-electron chi connectivity index (χ2n) is 7.15. The predicted molar refractivity (Wildman–Crippen MR) is 111 cm³/mol. The van der Waals surface area contributed by atoms with E-state index in [1.54, 1.807) is 0 Å². The third-order valence-corrected chi connectivity index (χ3v) is 5.57. The fourth-order valence-electron chi connectivity index (χ4n) is 3.77. The molecule has 0 N–H and O–H groups in total. The van der Waals surface area contributed by atoms with Crippen molar-refractivity contribution in [2.24, 2.45) is 0 Å². The van der Waals surface area contributed by atoms with E-state index in [1.807, 2.05) is 60.7 Å². The van der Waals surface area contributed by atoms with Crippen LogP contribution in [0.1, 0.15) is 48.4 Å². The number of ether oxygens (including phenoxy) is 1. The molecule has 140 valence electrons. The van der Waals surface area contributed by atoms with Gasteiger partial charge >= 0.3 is 0 Å². The Bertz CT molecular complexity index is 988. The van der Waals surface area contributed by atoms with Crippen LogP contribution in [0.3, 0.4) is 0 Å².